The standard InChI is InChI=1S/C29H31Cl2N3O4/c1-37-29(36)25(34-28(35)27-23(30)5-4-6-24(27)31)17-19-10-14-22(15-11-19)38-18-20-8-12-21(13-9-20)33-26-7-2-3-16-32-26/h2-7,10-11,14-16,20-21,25H,8-9,12-13,17-18H2,1H3,(H,32,33)(H,34,35)/t20-,21+,25-/m0/s1. The van der Waals surface area contributed by atoms with E-state index < -0.39 is 17.9 Å². The van der Waals surface area contributed by atoms with Gasteiger partial charge in [0, 0.05) is 18.7 Å². The fraction of sp³-hybridized carbons (Fsp3) is 0.345. The number of nitrogens with one attached hydrogen (secondary N) is 2. The first-order valence-corrected chi connectivity index (χ1v) is 13.4. The molecule has 1 saturated carbocycles. The van der Waals surface area contributed by atoms with Crippen LogP contribution >= 0.6 is 23.2 Å². The SMILES string of the molecule is COC(=O)[C@H](Cc1ccc(OC[C@H]2CC[C@@H](Nc3ccccn3)CC2)cc1)NC(=O)c1c(Cl)cccc1Cl. The summed E-state index contributed by atoms with van der Waals surface area (Å²) in [6.07, 6.45) is 6.41. The molecule has 0 spiro atoms. The lowest BCUT2D eigenvalue weighted by Gasteiger charge is -2.29. The zero-order valence-electron chi connectivity index (χ0n) is 21.2. The molecule has 1 aliphatic carbocycles. The molecule has 2 aromatic carbocycles. The first kappa shape index (κ1) is 27.7. The summed E-state index contributed by atoms with van der Waals surface area (Å²) < 4.78 is 11.0. The Kier molecular flexibility index (Phi) is 9.85. The normalized spacial score (nSPS) is 17.8. The molecule has 9 heteroatoms. The van der Waals surface area contributed by atoms with Crippen molar-refractivity contribution >= 4 is 40.9 Å². The van der Waals surface area contributed by atoms with E-state index in [0.29, 0.717) is 18.6 Å². The molecule has 1 atom stereocenters. The third-order valence-corrected chi connectivity index (χ3v) is 7.32. The van der Waals surface area contributed by atoms with Crippen molar-refractivity contribution in [3.8, 4) is 5.75 Å². The predicted octanol–water partition coefficient (Wildman–Crippen LogP) is 5.95. The lowest BCUT2D eigenvalue weighted by molar-refractivity contribution is -0.142. The van der Waals surface area contributed by atoms with E-state index >= 15 is 0 Å². The van der Waals surface area contributed by atoms with Gasteiger partial charge in [-0.05, 0) is 73.6 Å². The molecule has 4 rings (SSSR count). The van der Waals surface area contributed by atoms with Gasteiger partial charge in [-0.15, -0.1) is 0 Å². The van der Waals surface area contributed by atoms with E-state index in [2.05, 4.69) is 15.6 Å². The van der Waals surface area contributed by atoms with Crippen LogP contribution in [0.15, 0.2) is 66.9 Å². The van der Waals surface area contributed by atoms with E-state index in [-0.39, 0.29) is 22.0 Å². The van der Waals surface area contributed by atoms with Gasteiger partial charge in [0.05, 0.1) is 29.3 Å². The Morgan fingerprint density at radius 2 is 1.68 bits per heavy atom. The number of ether oxygens (including phenoxy) is 2. The van der Waals surface area contributed by atoms with Crippen molar-refractivity contribution in [2.45, 2.75) is 44.2 Å². The van der Waals surface area contributed by atoms with Crippen molar-refractivity contribution in [3.63, 3.8) is 0 Å². The third-order valence-electron chi connectivity index (χ3n) is 6.69. The topological polar surface area (TPSA) is 89.6 Å². The van der Waals surface area contributed by atoms with Crippen molar-refractivity contribution in [3.05, 3.63) is 88.0 Å². The van der Waals surface area contributed by atoms with Crippen molar-refractivity contribution < 1.29 is 19.1 Å². The Labute approximate surface area is 232 Å². The Hall–Kier alpha value is -3.29. The molecule has 7 nitrogen and oxygen atoms in total. The number of carbonyl (C=O) groups excluding carboxylic acids is 2. The van der Waals surface area contributed by atoms with E-state index in [1.165, 1.54) is 7.11 Å². The van der Waals surface area contributed by atoms with Crippen LogP contribution in [0.4, 0.5) is 5.82 Å². The molecule has 1 aromatic heterocycles. The van der Waals surface area contributed by atoms with Crippen LogP contribution < -0.4 is 15.4 Å². The van der Waals surface area contributed by atoms with Crippen LogP contribution in [-0.2, 0) is 16.0 Å². The number of benzene rings is 2. The highest BCUT2D eigenvalue weighted by Crippen LogP contribution is 2.28. The lowest BCUT2D eigenvalue weighted by Crippen LogP contribution is -2.43. The highest BCUT2D eigenvalue weighted by atomic mass is 35.5. The van der Waals surface area contributed by atoms with E-state index in [1.807, 2.05) is 42.5 Å². The molecule has 0 bridgehead atoms. The average Bonchev–Trinajstić information content (AvgIpc) is 2.93. The molecule has 0 saturated heterocycles. The zero-order valence-corrected chi connectivity index (χ0v) is 22.7. The molecule has 1 fully saturated rings. The maximum atomic E-state index is 12.8. The van der Waals surface area contributed by atoms with Crippen molar-refractivity contribution in [1.29, 1.82) is 0 Å². The first-order chi connectivity index (χ1) is 18.4. The van der Waals surface area contributed by atoms with Crippen molar-refractivity contribution in [1.82, 2.24) is 10.3 Å². The van der Waals surface area contributed by atoms with Crippen LogP contribution in [0.5, 0.6) is 5.75 Å². The second kappa shape index (κ2) is 13.5. The molecule has 0 unspecified atom stereocenters. The highest BCUT2D eigenvalue weighted by Gasteiger charge is 2.25. The monoisotopic (exact) mass is 555 g/mol. The minimum absolute atomic E-state index is 0.120. The molecule has 200 valence electrons. The fourth-order valence-corrected chi connectivity index (χ4v) is 5.15. The number of hydrogen-bond acceptors (Lipinski definition) is 6. The minimum Gasteiger partial charge on any atom is -0.493 e. The average molecular weight is 556 g/mol. The van der Waals surface area contributed by atoms with Crippen LogP contribution in [0.1, 0.15) is 41.6 Å². The summed E-state index contributed by atoms with van der Waals surface area (Å²) in [5.74, 6) is 1.10. The molecule has 1 heterocycles. The maximum Gasteiger partial charge on any atom is 0.328 e. The number of rotatable bonds is 10. The number of esters is 1. The number of pyridine rings is 1. The molecular formula is C29H31Cl2N3O4. The second-order valence-corrected chi connectivity index (χ2v) is 10.2. The van der Waals surface area contributed by atoms with E-state index in [0.717, 1.165) is 42.8 Å². The Balaban J connectivity index is 1.27. The molecule has 0 aliphatic heterocycles. The largest absolute Gasteiger partial charge is 0.493 e. The van der Waals surface area contributed by atoms with Gasteiger partial charge in [0.1, 0.15) is 17.6 Å². The molecule has 0 radical (unpaired) electrons. The molecule has 1 amide bonds. The van der Waals surface area contributed by atoms with Gasteiger partial charge in [-0.2, -0.15) is 0 Å². The number of methoxy groups -OCH3 is 1. The van der Waals surface area contributed by atoms with Gasteiger partial charge < -0.3 is 20.1 Å². The van der Waals surface area contributed by atoms with E-state index in [4.69, 9.17) is 32.7 Å². The Morgan fingerprint density at radius 1 is 0.974 bits per heavy atom. The van der Waals surface area contributed by atoms with E-state index in [1.54, 1.807) is 24.4 Å². The highest BCUT2D eigenvalue weighted by molar-refractivity contribution is 6.39. The fourth-order valence-electron chi connectivity index (χ4n) is 4.58. The van der Waals surface area contributed by atoms with Crippen LogP contribution in [0.25, 0.3) is 0 Å². The number of amides is 1. The van der Waals surface area contributed by atoms with Crippen LogP contribution in [0, 0.1) is 5.92 Å². The summed E-state index contributed by atoms with van der Waals surface area (Å²) in [4.78, 5) is 29.5. The summed E-state index contributed by atoms with van der Waals surface area (Å²) in [5.41, 5.74) is 0.967. The smallest absolute Gasteiger partial charge is 0.328 e. The summed E-state index contributed by atoms with van der Waals surface area (Å²) in [6, 6.07) is 17.7. The Morgan fingerprint density at radius 3 is 2.32 bits per heavy atom. The van der Waals surface area contributed by atoms with Gasteiger partial charge in [0.15, 0.2) is 0 Å². The van der Waals surface area contributed by atoms with Gasteiger partial charge in [0.25, 0.3) is 5.91 Å². The molecule has 1 aliphatic rings. The van der Waals surface area contributed by atoms with Crippen molar-refractivity contribution in [2.75, 3.05) is 19.0 Å². The van der Waals surface area contributed by atoms with Gasteiger partial charge in [-0.3, -0.25) is 4.79 Å². The predicted molar refractivity (Wildman–Crippen MR) is 149 cm³/mol. The quantitative estimate of drug-likeness (QED) is 0.300. The number of halogens is 2. The zero-order chi connectivity index (χ0) is 26.9. The van der Waals surface area contributed by atoms with Crippen molar-refractivity contribution in [2.24, 2.45) is 5.92 Å². The third kappa shape index (κ3) is 7.62. The van der Waals surface area contributed by atoms with Gasteiger partial charge in [-0.25, -0.2) is 9.78 Å². The number of hydrogen-bond donors (Lipinski definition) is 2. The molecule has 38 heavy (non-hydrogen) atoms. The first-order valence-electron chi connectivity index (χ1n) is 12.6. The number of nitrogens with zero attached hydrogens (tertiary/aromatic N) is 1. The summed E-state index contributed by atoms with van der Waals surface area (Å²) in [5, 5.41) is 6.62. The van der Waals surface area contributed by atoms with Crippen LogP contribution in [0.3, 0.4) is 0 Å². The lowest BCUT2D eigenvalue weighted by atomic mass is 9.86. The molecule has 3 aromatic rings. The summed E-state index contributed by atoms with van der Waals surface area (Å²) in [6.45, 7) is 0.662. The maximum absolute atomic E-state index is 12.8. The van der Waals surface area contributed by atoms with Crippen LogP contribution in [-0.4, -0.2) is 42.7 Å². The Bertz CT molecular complexity index is 1200. The number of aromatic nitrogens is 1. The number of anilines is 1. The number of carbonyl (C=O) groups is 2. The second-order valence-electron chi connectivity index (χ2n) is 9.38. The van der Waals surface area contributed by atoms with Gasteiger partial charge in [-0.1, -0.05) is 47.5 Å². The summed E-state index contributed by atoms with van der Waals surface area (Å²) in [7, 11) is 1.28. The summed E-state index contributed by atoms with van der Waals surface area (Å²) >= 11 is 12.3. The molecule has 2 N–H and O–H groups in total. The van der Waals surface area contributed by atoms with Crippen LogP contribution in [0.2, 0.25) is 10.0 Å². The minimum atomic E-state index is -0.901. The van der Waals surface area contributed by atoms with Gasteiger partial charge in [0.2, 0.25) is 0 Å². The van der Waals surface area contributed by atoms with Gasteiger partial charge >= 0.3 is 5.97 Å². The molecular weight excluding hydrogens is 525 g/mol. The van der Waals surface area contributed by atoms with E-state index in [9.17, 15) is 9.59 Å².